The van der Waals surface area contributed by atoms with Crippen molar-refractivity contribution in [1.82, 2.24) is 10.2 Å². The van der Waals surface area contributed by atoms with E-state index in [0.29, 0.717) is 40.6 Å². The highest BCUT2D eigenvalue weighted by atomic mass is 35.5. The molecule has 3 aromatic rings. The second-order valence-electron chi connectivity index (χ2n) is 9.27. The third-order valence-electron chi connectivity index (χ3n) is 6.94. The summed E-state index contributed by atoms with van der Waals surface area (Å²) in [6.45, 7) is 0.832. The molecule has 1 aliphatic heterocycles. The summed E-state index contributed by atoms with van der Waals surface area (Å²) in [7, 11) is 0. The summed E-state index contributed by atoms with van der Waals surface area (Å²) in [5.74, 6) is -0.325. The fourth-order valence-electron chi connectivity index (χ4n) is 4.95. The number of carbonyl (C=O) groups is 1. The smallest absolute Gasteiger partial charge is 0.351 e. The van der Waals surface area contributed by atoms with Gasteiger partial charge in [-0.15, -0.1) is 0 Å². The number of hydrogen-bond acceptors (Lipinski definition) is 2. The van der Waals surface area contributed by atoms with Crippen LogP contribution in [0.4, 0.5) is 13.2 Å². The van der Waals surface area contributed by atoms with Crippen molar-refractivity contribution in [2.24, 2.45) is 0 Å². The number of carbonyl (C=O) groups excluding carboxylic acids is 1. The molecule has 3 nitrogen and oxygen atoms in total. The molecule has 1 N–H and O–H groups in total. The lowest BCUT2D eigenvalue weighted by atomic mass is 9.72. The van der Waals surface area contributed by atoms with E-state index in [1.54, 1.807) is 36.4 Å². The molecule has 1 amide bonds. The van der Waals surface area contributed by atoms with E-state index in [4.69, 9.17) is 23.2 Å². The SMILES string of the molecule is O=C(NCC1(c2ccccc2)CCN(C(Cc2ccccc2)C(F)(F)F)CC1)c1cc(Cl)cc(Cl)c1. The summed E-state index contributed by atoms with van der Waals surface area (Å²) in [6.07, 6.45) is -3.47. The largest absolute Gasteiger partial charge is 0.404 e. The summed E-state index contributed by atoms with van der Waals surface area (Å²) < 4.78 is 42.3. The van der Waals surface area contributed by atoms with Crippen molar-refractivity contribution in [1.29, 1.82) is 0 Å². The first kappa shape index (κ1) is 26.5. The van der Waals surface area contributed by atoms with Gasteiger partial charge in [0, 0.05) is 27.6 Å². The Labute approximate surface area is 219 Å². The van der Waals surface area contributed by atoms with Crippen molar-refractivity contribution >= 4 is 29.1 Å². The molecule has 1 aliphatic rings. The summed E-state index contributed by atoms with van der Waals surface area (Å²) in [6, 6.07) is 21.5. The van der Waals surface area contributed by atoms with Gasteiger partial charge in [-0.3, -0.25) is 9.69 Å². The average molecular weight is 535 g/mol. The van der Waals surface area contributed by atoms with Crippen molar-refractivity contribution in [3.8, 4) is 0 Å². The number of alkyl halides is 3. The Morgan fingerprint density at radius 2 is 1.47 bits per heavy atom. The molecule has 0 aromatic heterocycles. The summed E-state index contributed by atoms with van der Waals surface area (Å²) >= 11 is 12.1. The first-order valence-corrected chi connectivity index (χ1v) is 12.6. The van der Waals surface area contributed by atoms with Crippen LogP contribution in [0.3, 0.4) is 0 Å². The summed E-state index contributed by atoms with van der Waals surface area (Å²) in [4.78, 5) is 14.4. The van der Waals surface area contributed by atoms with Crippen LogP contribution in [0.1, 0.15) is 34.3 Å². The van der Waals surface area contributed by atoms with Crippen LogP contribution in [0.2, 0.25) is 10.0 Å². The number of nitrogens with zero attached hydrogens (tertiary/aromatic N) is 1. The number of benzene rings is 3. The van der Waals surface area contributed by atoms with Gasteiger partial charge in [-0.2, -0.15) is 13.2 Å². The monoisotopic (exact) mass is 534 g/mol. The van der Waals surface area contributed by atoms with E-state index in [1.165, 1.54) is 17.0 Å². The highest BCUT2D eigenvalue weighted by molar-refractivity contribution is 6.35. The number of amides is 1. The molecule has 3 aromatic carbocycles. The zero-order valence-electron chi connectivity index (χ0n) is 19.6. The maximum Gasteiger partial charge on any atom is 0.404 e. The molecule has 0 bridgehead atoms. The number of halogens is 5. The second kappa shape index (κ2) is 11.2. The Bertz CT molecular complexity index is 1140. The molecule has 1 atom stereocenters. The van der Waals surface area contributed by atoms with Crippen LogP contribution < -0.4 is 5.32 Å². The lowest BCUT2D eigenvalue weighted by molar-refractivity contribution is -0.187. The minimum absolute atomic E-state index is 0.0884. The second-order valence-corrected chi connectivity index (χ2v) is 10.1. The summed E-state index contributed by atoms with van der Waals surface area (Å²) in [5.41, 5.74) is 1.51. The van der Waals surface area contributed by atoms with Gasteiger partial charge in [-0.05, 0) is 61.7 Å². The van der Waals surface area contributed by atoms with Gasteiger partial charge in [0.05, 0.1) is 0 Å². The fourth-order valence-corrected chi connectivity index (χ4v) is 5.47. The van der Waals surface area contributed by atoms with Gasteiger partial charge in [0.15, 0.2) is 0 Å². The molecule has 0 aliphatic carbocycles. The van der Waals surface area contributed by atoms with E-state index in [9.17, 15) is 18.0 Å². The Morgan fingerprint density at radius 1 is 0.917 bits per heavy atom. The zero-order chi connectivity index (χ0) is 25.8. The molecule has 190 valence electrons. The third kappa shape index (κ3) is 6.41. The van der Waals surface area contributed by atoms with E-state index in [1.807, 2.05) is 30.3 Å². The maximum atomic E-state index is 14.1. The number of piperidine rings is 1. The molecule has 0 radical (unpaired) electrons. The molecule has 0 saturated carbocycles. The fraction of sp³-hybridized carbons (Fsp3) is 0.321. The number of hydrogen-bond donors (Lipinski definition) is 1. The normalized spacial score (nSPS) is 16.9. The van der Waals surface area contributed by atoms with E-state index in [-0.39, 0.29) is 25.4 Å². The molecule has 0 spiro atoms. The van der Waals surface area contributed by atoms with Crippen molar-refractivity contribution < 1.29 is 18.0 Å². The minimum atomic E-state index is -4.34. The molecule has 1 heterocycles. The van der Waals surface area contributed by atoms with Crippen LogP contribution in [0.5, 0.6) is 0 Å². The standard InChI is InChI=1S/C28H27Cl2F3N2O/c29-23-16-21(17-24(30)18-23)26(36)34-19-27(22-9-5-2-6-10-22)11-13-35(14-12-27)25(28(31,32)33)15-20-7-3-1-4-8-20/h1-10,16-18,25H,11-15,19H2,(H,34,36). The highest BCUT2D eigenvalue weighted by Gasteiger charge is 2.46. The van der Waals surface area contributed by atoms with E-state index in [0.717, 1.165) is 5.56 Å². The van der Waals surface area contributed by atoms with Gasteiger partial charge in [0.2, 0.25) is 0 Å². The van der Waals surface area contributed by atoms with Crippen LogP contribution in [0.15, 0.2) is 78.9 Å². The van der Waals surface area contributed by atoms with Gasteiger partial charge in [0.25, 0.3) is 5.91 Å². The first-order valence-electron chi connectivity index (χ1n) is 11.8. The van der Waals surface area contributed by atoms with E-state index >= 15 is 0 Å². The Morgan fingerprint density at radius 3 is 2.03 bits per heavy atom. The molecule has 1 fully saturated rings. The number of nitrogens with one attached hydrogen (secondary N) is 1. The average Bonchev–Trinajstić information content (AvgIpc) is 2.86. The van der Waals surface area contributed by atoms with Crippen molar-refractivity contribution in [3.63, 3.8) is 0 Å². The Kier molecular flexibility index (Phi) is 8.28. The van der Waals surface area contributed by atoms with Gasteiger partial charge in [-0.1, -0.05) is 83.9 Å². The van der Waals surface area contributed by atoms with Crippen molar-refractivity contribution in [3.05, 3.63) is 106 Å². The molecule has 36 heavy (non-hydrogen) atoms. The van der Waals surface area contributed by atoms with Gasteiger partial charge in [-0.25, -0.2) is 0 Å². The quantitative estimate of drug-likeness (QED) is 0.356. The number of likely N-dealkylation sites (tertiary alicyclic amines) is 1. The molecule has 1 saturated heterocycles. The minimum Gasteiger partial charge on any atom is -0.351 e. The predicted octanol–water partition coefficient (Wildman–Crippen LogP) is 6.93. The van der Waals surface area contributed by atoms with E-state index < -0.39 is 17.6 Å². The Balaban J connectivity index is 1.52. The third-order valence-corrected chi connectivity index (χ3v) is 7.38. The molecule has 8 heteroatoms. The number of rotatable bonds is 7. The van der Waals surface area contributed by atoms with E-state index in [2.05, 4.69) is 5.32 Å². The maximum absolute atomic E-state index is 14.1. The Hall–Kier alpha value is -2.54. The molecule has 1 unspecified atom stereocenters. The van der Waals surface area contributed by atoms with Gasteiger partial charge < -0.3 is 5.32 Å². The topological polar surface area (TPSA) is 32.3 Å². The van der Waals surface area contributed by atoms with Crippen LogP contribution in [-0.2, 0) is 11.8 Å². The van der Waals surface area contributed by atoms with Gasteiger partial charge >= 0.3 is 6.18 Å². The predicted molar refractivity (Wildman–Crippen MR) is 138 cm³/mol. The van der Waals surface area contributed by atoms with Crippen LogP contribution in [-0.4, -0.2) is 42.7 Å². The lowest BCUT2D eigenvalue weighted by Crippen LogP contribution is -2.55. The summed E-state index contributed by atoms with van der Waals surface area (Å²) in [5, 5.41) is 3.69. The van der Waals surface area contributed by atoms with Crippen molar-refractivity contribution in [2.45, 2.75) is 36.9 Å². The van der Waals surface area contributed by atoms with Crippen LogP contribution in [0.25, 0.3) is 0 Å². The molecular weight excluding hydrogens is 508 g/mol. The van der Waals surface area contributed by atoms with Crippen LogP contribution >= 0.6 is 23.2 Å². The first-order chi connectivity index (χ1) is 17.2. The molecular formula is C28H27Cl2F3N2O. The van der Waals surface area contributed by atoms with Crippen molar-refractivity contribution in [2.75, 3.05) is 19.6 Å². The lowest BCUT2D eigenvalue weighted by Gasteiger charge is -2.45. The van der Waals surface area contributed by atoms with Gasteiger partial charge in [0.1, 0.15) is 6.04 Å². The molecule has 4 rings (SSSR count). The zero-order valence-corrected chi connectivity index (χ0v) is 21.1. The highest BCUT2D eigenvalue weighted by Crippen LogP contribution is 2.38. The van der Waals surface area contributed by atoms with Crippen LogP contribution in [0, 0.1) is 0 Å².